The van der Waals surface area contributed by atoms with Gasteiger partial charge in [0.25, 0.3) is 0 Å². The highest BCUT2D eigenvalue weighted by Crippen LogP contribution is 2.33. The number of ether oxygens (including phenoxy) is 1. The molecule has 1 amide bonds. The topological polar surface area (TPSA) is 93.5 Å². The first-order chi connectivity index (χ1) is 16.3. The third-order valence-electron chi connectivity index (χ3n) is 5.53. The van der Waals surface area contributed by atoms with E-state index >= 15 is 0 Å². The van der Waals surface area contributed by atoms with E-state index in [1.165, 1.54) is 22.5 Å². The fourth-order valence-electron chi connectivity index (χ4n) is 3.79. The van der Waals surface area contributed by atoms with Gasteiger partial charge in [0.15, 0.2) is 5.75 Å². The van der Waals surface area contributed by atoms with Crippen LogP contribution in [0.15, 0.2) is 65.8 Å². The van der Waals surface area contributed by atoms with E-state index in [1.807, 2.05) is 25.1 Å². The van der Waals surface area contributed by atoms with Crippen molar-refractivity contribution in [3.8, 4) is 11.5 Å². The summed E-state index contributed by atoms with van der Waals surface area (Å²) in [6.07, 6.45) is 9.15. The Morgan fingerprint density at radius 2 is 1.91 bits per heavy atom. The molecular weight excluding hydrogens is 452 g/mol. The zero-order valence-electron chi connectivity index (χ0n) is 19.3. The van der Waals surface area contributed by atoms with E-state index in [0.717, 1.165) is 30.4 Å². The maximum absolute atomic E-state index is 13.2. The summed E-state index contributed by atoms with van der Waals surface area (Å²) in [5.74, 6) is 0.532. The molecule has 0 aliphatic carbocycles. The summed E-state index contributed by atoms with van der Waals surface area (Å²) < 4.78 is 35.6. The van der Waals surface area contributed by atoms with E-state index in [0.29, 0.717) is 24.6 Å². The lowest BCUT2D eigenvalue weighted by molar-refractivity contribution is -0.111. The summed E-state index contributed by atoms with van der Waals surface area (Å²) in [4.78, 5) is 12.8. The molecule has 0 unspecified atom stereocenters. The van der Waals surface area contributed by atoms with Gasteiger partial charge in [-0.1, -0.05) is 18.6 Å². The number of anilines is 1. The normalized spacial score (nSPS) is 14.9. The van der Waals surface area contributed by atoms with Crippen molar-refractivity contribution in [2.75, 3.05) is 18.4 Å². The van der Waals surface area contributed by atoms with E-state index in [2.05, 4.69) is 10.4 Å². The van der Waals surface area contributed by atoms with Gasteiger partial charge in [-0.15, -0.1) is 0 Å². The van der Waals surface area contributed by atoms with E-state index < -0.39 is 15.9 Å². The van der Waals surface area contributed by atoms with Crippen LogP contribution in [-0.4, -0.2) is 41.5 Å². The van der Waals surface area contributed by atoms with Crippen molar-refractivity contribution < 1.29 is 17.9 Å². The molecule has 1 aliphatic rings. The standard InChI is InChI=1S/C25H28N4O4S/c1-19-7-6-8-21(15-19)33-24-11-10-22(34(31,32)29-13-4-3-5-14-29)16-23(24)27-25(30)12-9-20-17-26-28(2)18-20/h6-12,15-18H,3-5,13-14H2,1-2H3,(H,27,30)/b12-9+. The van der Waals surface area contributed by atoms with Crippen molar-refractivity contribution in [2.24, 2.45) is 7.05 Å². The maximum atomic E-state index is 13.2. The van der Waals surface area contributed by atoms with Gasteiger partial charge in [-0.2, -0.15) is 9.40 Å². The van der Waals surface area contributed by atoms with Crippen LogP contribution in [0, 0.1) is 6.92 Å². The lowest BCUT2D eigenvalue weighted by atomic mass is 10.2. The number of nitrogens with zero attached hydrogens (tertiary/aromatic N) is 3. The van der Waals surface area contributed by atoms with Crippen LogP contribution in [0.25, 0.3) is 6.08 Å². The highest BCUT2D eigenvalue weighted by molar-refractivity contribution is 7.89. The number of sulfonamides is 1. The Hall–Kier alpha value is -3.43. The lowest BCUT2D eigenvalue weighted by Gasteiger charge is -2.26. The predicted molar refractivity (Wildman–Crippen MR) is 131 cm³/mol. The van der Waals surface area contributed by atoms with Crippen molar-refractivity contribution in [3.05, 3.63) is 72.1 Å². The SMILES string of the molecule is Cc1cccc(Oc2ccc(S(=O)(=O)N3CCCCC3)cc2NC(=O)/C=C/c2cnn(C)c2)c1. The molecule has 8 nitrogen and oxygen atoms in total. The number of hydrogen-bond acceptors (Lipinski definition) is 5. The number of carbonyl (C=O) groups is 1. The smallest absolute Gasteiger partial charge is 0.248 e. The Bertz CT molecular complexity index is 1310. The number of rotatable bonds is 7. The van der Waals surface area contributed by atoms with E-state index in [-0.39, 0.29) is 10.6 Å². The first kappa shape index (κ1) is 23.7. The number of benzene rings is 2. The molecule has 0 saturated carbocycles. The predicted octanol–water partition coefficient (Wildman–Crippen LogP) is 4.35. The molecule has 1 saturated heterocycles. The molecule has 1 aliphatic heterocycles. The second-order valence-electron chi connectivity index (χ2n) is 8.31. The average molecular weight is 481 g/mol. The molecular formula is C25H28N4O4S. The molecule has 34 heavy (non-hydrogen) atoms. The molecule has 0 spiro atoms. The Kier molecular flexibility index (Phi) is 7.14. The third kappa shape index (κ3) is 5.73. The van der Waals surface area contributed by atoms with Gasteiger partial charge in [0.05, 0.1) is 16.8 Å². The zero-order valence-corrected chi connectivity index (χ0v) is 20.1. The first-order valence-corrected chi connectivity index (χ1v) is 12.6. The molecule has 1 fully saturated rings. The molecule has 1 aromatic heterocycles. The summed E-state index contributed by atoms with van der Waals surface area (Å²) in [6, 6.07) is 12.1. The van der Waals surface area contributed by atoms with Crippen molar-refractivity contribution >= 4 is 27.7 Å². The fraction of sp³-hybridized carbons (Fsp3) is 0.280. The van der Waals surface area contributed by atoms with Crippen LogP contribution < -0.4 is 10.1 Å². The minimum Gasteiger partial charge on any atom is -0.455 e. The zero-order chi connectivity index (χ0) is 24.1. The quantitative estimate of drug-likeness (QED) is 0.508. The largest absolute Gasteiger partial charge is 0.455 e. The molecule has 0 atom stereocenters. The Morgan fingerprint density at radius 1 is 1.12 bits per heavy atom. The Balaban J connectivity index is 1.63. The molecule has 1 N–H and O–H groups in total. The van der Waals surface area contributed by atoms with Crippen molar-refractivity contribution in [1.82, 2.24) is 14.1 Å². The van der Waals surface area contributed by atoms with Crippen LogP contribution >= 0.6 is 0 Å². The second-order valence-corrected chi connectivity index (χ2v) is 10.2. The number of hydrogen-bond donors (Lipinski definition) is 1. The monoisotopic (exact) mass is 480 g/mol. The molecule has 2 aromatic carbocycles. The number of amides is 1. The van der Waals surface area contributed by atoms with E-state index in [9.17, 15) is 13.2 Å². The van der Waals surface area contributed by atoms with Gasteiger partial charge >= 0.3 is 0 Å². The molecule has 9 heteroatoms. The number of aryl methyl sites for hydroxylation is 2. The summed E-state index contributed by atoms with van der Waals surface area (Å²) in [6.45, 7) is 2.95. The van der Waals surface area contributed by atoms with Crippen LogP contribution in [0.4, 0.5) is 5.69 Å². The van der Waals surface area contributed by atoms with Gasteiger partial charge in [-0.3, -0.25) is 9.48 Å². The number of piperidine rings is 1. The lowest BCUT2D eigenvalue weighted by Crippen LogP contribution is -2.35. The molecule has 4 rings (SSSR count). The average Bonchev–Trinajstić information content (AvgIpc) is 3.24. The highest BCUT2D eigenvalue weighted by Gasteiger charge is 2.27. The van der Waals surface area contributed by atoms with Crippen molar-refractivity contribution in [1.29, 1.82) is 0 Å². The highest BCUT2D eigenvalue weighted by atomic mass is 32.2. The van der Waals surface area contributed by atoms with Gasteiger partial charge in [0.2, 0.25) is 15.9 Å². The maximum Gasteiger partial charge on any atom is 0.248 e. The van der Waals surface area contributed by atoms with Crippen LogP contribution in [0.2, 0.25) is 0 Å². The third-order valence-corrected chi connectivity index (χ3v) is 7.43. The van der Waals surface area contributed by atoms with Crippen LogP contribution in [0.1, 0.15) is 30.4 Å². The summed E-state index contributed by atoms with van der Waals surface area (Å²) in [5, 5.41) is 6.85. The number of carbonyl (C=O) groups excluding carboxylic acids is 1. The van der Waals surface area contributed by atoms with Crippen LogP contribution in [0.3, 0.4) is 0 Å². The van der Waals surface area contributed by atoms with E-state index in [1.54, 1.807) is 42.3 Å². The first-order valence-electron chi connectivity index (χ1n) is 11.2. The number of nitrogens with one attached hydrogen (secondary N) is 1. The Morgan fingerprint density at radius 3 is 2.62 bits per heavy atom. The van der Waals surface area contributed by atoms with Crippen LogP contribution in [-0.2, 0) is 21.9 Å². The van der Waals surface area contributed by atoms with Gasteiger partial charge in [-0.05, 0) is 61.7 Å². The minimum atomic E-state index is -3.67. The molecule has 0 radical (unpaired) electrons. The summed E-state index contributed by atoms with van der Waals surface area (Å²) >= 11 is 0. The van der Waals surface area contributed by atoms with Gasteiger partial charge in [-0.25, -0.2) is 8.42 Å². The molecule has 0 bridgehead atoms. The van der Waals surface area contributed by atoms with Gasteiger partial charge in [0.1, 0.15) is 5.75 Å². The molecule has 178 valence electrons. The summed E-state index contributed by atoms with van der Waals surface area (Å²) in [5.41, 5.74) is 2.07. The fourth-order valence-corrected chi connectivity index (χ4v) is 5.33. The summed E-state index contributed by atoms with van der Waals surface area (Å²) in [7, 11) is -1.88. The van der Waals surface area contributed by atoms with E-state index in [4.69, 9.17) is 4.74 Å². The van der Waals surface area contributed by atoms with Crippen LogP contribution in [0.5, 0.6) is 11.5 Å². The molecule has 3 aromatic rings. The second kappa shape index (κ2) is 10.2. The van der Waals surface area contributed by atoms with Crippen molar-refractivity contribution in [2.45, 2.75) is 31.1 Å². The van der Waals surface area contributed by atoms with Gasteiger partial charge in [0, 0.05) is 38.0 Å². The van der Waals surface area contributed by atoms with Crippen molar-refractivity contribution in [3.63, 3.8) is 0 Å². The Labute approximate surface area is 199 Å². The number of aromatic nitrogens is 2. The van der Waals surface area contributed by atoms with Gasteiger partial charge < -0.3 is 10.1 Å². The molecule has 2 heterocycles. The minimum absolute atomic E-state index is 0.123.